The van der Waals surface area contributed by atoms with Crippen molar-refractivity contribution in [3.63, 3.8) is 0 Å². The van der Waals surface area contributed by atoms with E-state index in [-0.39, 0.29) is 11.8 Å². The molecule has 1 aliphatic heterocycles. The second kappa shape index (κ2) is 11.7. The third-order valence-corrected chi connectivity index (χ3v) is 6.74. The Morgan fingerprint density at radius 2 is 1.78 bits per heavy atom. The summed E-state index contributed by atoms with van der Waals surface area (Å²) < 4.78 is 16.6. The number of benzene rings is 1. The van der Waals surface area contributed by atoms with Crippen LogP contribution < -0.4 is 19.5 Å². The predicted octanol–water partition coefficient (Wildman–Crippen LogP) is 3.32. The number of rotatable bonds is 9. The number of nitrogens with one attached hydrogen (secondary N) is 1. The molecule has 172 valence electrons. The summed E-state index contributed by atoms with van der Waals surface area (Å²) in [5.41, 5.74) is 0.708. The second-order valence-corrected chi connectivity index (χ2v) is 9.08. The van der Waals surface area contributed by atoms with Crippen LogP contribution in [-0.2, 0) is 9.59 Å². The van der Waals surface area contributed by atoms with E-state index in [2.05, 4.69) is 15.5 Å². The van der Waals surface area contributed by atoms with Crippen molar-refractivity contribution in [1.82, 2.24) is 15.1 Å². The molecule has 1 aliphatic rings. The third-order valence-electron chi connectivity index (χ3n) is 4.78. The number of amides is 2. The Balaban J connectivity index is 1.55. The lowest BCUT2D eigenvalue weighted by Gasteiger charge is -2.26. The van der Waals surface area contributed by atoms with E-state index in [1.807, 2.05) is 4.90 Å². The number of likely N-dealkylation sites (tertiary alicyclic amines) is 1. The first-order valence-corrected chi connectivity index (χ1v) is 11.9. The molecule has 3 rings (SSSR count). The van der Waals surface area contributed by atoms with Gasteiger partial charge in [0.1, 0.15) is 0 Å². The van der Waals surface area contributed by atoms with Gasteiger partial charge in [-0.1, -0.05) is 23.1 Å². The van der Waals surface area contributed by atoms with E-state index in [1.54, 1.807) is 18.2 Å². The fraction of sp³-hybridized carbons (Fsp3) is 0.429. The zero-order valence-electron chi connectivity index (χ0n) is 18.3. The van der Waals surface area contributed by atoms with Gasteiger partial charge >= 0.3 is 0 Å². The van der Waals surface area contributed by atoms with Gasteiger partial charge < -0.3 is 19.1 Å². The highest BCUT2D eigenvalue weighted by molar-refractivity contribution is 8.01. The van der Waals surface area contributed by atoms with Crippen molar-refractivity contribution >= 4 is 46.1 Å². The van der Waals surface area contributed by atoms with Crippen molar-refractivity contribution in [1.29, 1.82) is 0 Å². The molecular formula is C21H26N4O5S2. The van der Waals surface area contributed by atoms with Crippen LogP contribution in [0.1, 0.15) is 24.8 Å². The summed E-state index contributed by atoms with van der Waals surface area (Å²) in [5, 5.41) is 11.1. The van der Waals surface area contributed by atoms with Gasteiger partial charge in [-0.15, -0.1) is 10.2 Å². The quantitative estimate of drug-likeness (QED) is 0.333. The molecule has 9 nitrogen and oxygen atoms in total. The first-order chi connectivity index (χ1) is 15.5. The molecule has 0 aliphatic carbocycles. The summed E-state index contributed by atoms with van der Waals surface area (Å²) in [6, 6.07) is 3.48. The van der Waals surface area contributed by atoms with Gasteiger partial charge in [0.05, 0.1) is 27.1 Å². The van der Waals surface area contributed by atoms with E-state index < -0.39 is 0 Å². The van der Waals surface area contributed by atoms with Crippen LogP contribution in [0.4, 0.5) is 5.13 Å². The van der Waals surface area contributed by atoms with Crippen LogP contribution in [0.3, 0.4) is 0 Å². The van der Waals surface area contributed by atoms with Crippen LogP contribution in [0.25, 0.3) is 6.08 Å². The Morgan fingerprint density at radius 3 is 2.41 bits per heavy atom. The average Bonchev–Trinajstić information content (AvgIpc) is 3.27. The van der Waals surface area contributed by atoms with Gasteiger partial charge in [-0.2, -0.15) is 0 Å². The number of ether oxygens (including phenoxy) is 3. The zero-order chi connectivity index (χ0) is 22.9. The SMILES string of the molecule is COc1cc(/C=C/C(=O)Nc2nnc(SCC(=O)N3CCCCC3)s2)cc(OC)c1OC. The molecule has 1 N–H and O–H groups in total. The fourth-order valence-electron chi connectivity index (χ4n) is 3.19. The molecule has 2 amide bonds. The number of carbonyl (C=O) groups excluding carboxylic acids is 2. The van der Waals surface area contributed by atoms with Crippen molar-refractivity contribution in [2.24, 2.45) is 0 Å². The lowest BCUT2D eigenvalue weighted by molar-refractivity contribution is -0.129. The number of carbonyl (C=O) groups is 2. The van der Waals surface area contributed by atoms with Crippen molar-refractivity contribution in [2.75, 3.05) is 45.5 Å². The van der Waals surface area contributed by atoms with Crippen LogP contribution >= 0.6 is 23.1 Å². The number of thioether (sulfide) groups is 1. The van der Waals surface area contributed by atoms with Crippen molar-refractivity contribution in [2.45, 2.75) is 23.6 Å². The van der Waals surface area contributed by atoms with Crippen molar-refractivity contribution in [3.05, 3.63) is 23.8 Å². The van der Waals surface area contributed by atoms with Crippen LogP contribution in [0.2, 0.25) is 0 Å². The van der Waals surface area contributed by atoms with E-state index in [4.69, 9.17) is 14.2 Å². The number of methoxy groups -OCH3 is 3. The van der Waals surface area contributed by atoms with E-state index in [0.717, 1.165) is 25.9 Å². The summed E-state index contributed by atoms with van der Waals surface area (Å²) in [6.45, 7) is 1.66. The number of anilines is 1. The molecule has 0 saturated carbocycles. The minimum atomic E-state index is -0.351. The first-order valence-electron chi connectivity index (χ1n) is 10.1. The zero-order valence-corrected chi connectivity index (χ0v) is 19.9. The van der Waals surface area contributed by atoms with E-state index in [9.17, 15) is 9.59 Å². The van der Waals surface area contributed by atoms with Gasteiger partial charge in [0.25, 0.3) is 0 Å². The Hall–Kier alpha value is -2.79. The number of hydrogen-bond acceptors (Lipinski definition) is 9. The Bertz CT molecular complexity index is 948. The van der Waals surface area contributed by atoms with Crippen LogP contribution in [0, 0.1) is 0 Å². The van der Waals surface area contributed by atoms with Gasteiger partial charge in [0.2, 0.25) is 22.7 Å². The molecule has 2 aromatic rings. The predicted molar refractivity (Wildman–Crippen MR) is 125 cm³/mol. The molecule has 32 heavy (non-hydrogen) atoms. The molecule has 11 heteroatoms. The van der Waals surface area contributed by atoms with Gasteiger partial charge in [0.15, 0.2) is 15.8 Å². The largest absolute Gasteiger partial charge is 0.493 e. The van der Waals surface area contributed by atoms with Crippen LogP contribution in [-0.4, -0.2) is 67.1 Å². The van der Waals surface area contributed by atoms with Gasteiger partial charge in [0, 0.05) is 19.2 Å². The summed E-state index contributed by atoms with van der Waals surface area (Å²) in [6.07, 6.45) is 6.33. The highest BCUT2D eigenvalue weighted by atomic mass is 32.2. The summed E-state index contributed by atoms with van der Waals surface area (Å²) in [4.78, 5) is 26.4. The number of hydrogen-bond donors (Lipinski definition) is 1. The maximum Gasteiger partial charge on any atom is 0.250 e. The first kappa shape index (κ1) is 23.9. The lowest BCUT2D eigenvalue weighted by atomic mass is 10.1. The molecule has 2 heterocycles. The number of piperidine rings is 1. The molecule has 0 bridgehead atoms. The molecule has 0 unspecified atom stereocenters. The van der Waals surface area contributed by atoms with Crippen molar-refractivity contribution in [3.8, 4) is 17.2 Å². The monoisotopic (exact) mass is 478 g/mol. The summed E-state index contributed by atoms with van der Waals surface area (Å²) >= 11 is 2.57. The third kappa shape index (κ3) is 6.36. The maximum atomic E-state index is 12.3. The topological polar surface area (TPSA) is 103 Å². The molecular weight excluding hydrogens is 452 g/mol. The number of nitrogens with zero attached hydrogens (tertiary/aromatic N) is 3. The molecule has 0 atom stereocenters. The standard InChI is InChI=1S/C21H26N4O5S2/c1-28-15-11-14(12-16(29-2)19(15)30-3)7-8-17(26)22-20-23-24-21(32-20)31-13-18(27)25-9-5-4-6-10-25/h7-8,11-12H,4-6,9-10,13H2,1-3H3,(H,22,23,26)/b8-7+. The molecule has 1 saturated heterocycles. The molecule has 1 aromatic carbocycles. The highest BCUT2D eigenvalue weighted by Crippen LogP contribution is 2.38. The maximum absolute atomic E-state index is 12.3. The van der Waals surface area contributed by atoms with Gasteiger partial charge in [-0.3, -0.25) is 14.9 Å². The van der Waals surface area contributed by atoms with E-state index in [1.165, 1.54) is 56.9 Å². The highest BCUT2D eigenvalue weighted by Gasteiger charge is 2.17. The minimum Gasteiger partial charge on any atom is -0.493 e. The smallest absolute Gasteiger partial charge is 0.250 e. The summed E-state index contributed by atoms with van der Waals surface area (Å²) in [7, 11) is 4.59. The Kier molecular flexibility index (Phi) is 8.74. The van der Waals surface area contributed by atoms with Crippen molar-refractivity contribution < 1.29 is 23.8 Å². The number of aromatic nitrogens is 2. The normalized spacial score (nSPS) is 13.8. The van der Waals surface area contributed by atoms with Gasteiger partial charge in [-0.05, 0) is 43.0 Å². The molecule has 0 spiro atoms. The fourth-order valence-corrected chi connectivity index (χ4v) is 4.85. The van der Waals surface area contributed by atoms with E-state index in [0.29, 0.717) is 38.0 Å². The minimum absolute atomic E-state index is 0.115. The molecule has 1 aromatic heterocycles. The average molecular weight is 479 g/mol. The van der Waals surface area contributed by atoms with Crippen LogP contribution in [0.5, 0.6) is 17.2 Å². The van der Waals surface area contributed by atoms with Crippen LogP contribution in [0.15, 0.2) is 22.5 Å². The molecule has 0 radical (unpaired) electrons. The van der Waals surface area contributed by atoms with E-state index >= 15 is 0 Å². The Morgan fingerprint density at radius 1 is 1.09 bits per heavy atom. The Labute approximate surface area is 195 Å². The molecule has 1 fully saturated rings. The summed E-state index contributed by atoms with van der Waals surface area (Å²) in [5.74, 6) is 1.56. The lowest BCUT2D eigenvalue weighted by Crippen LogP contribution is -2.36. The second-order valence-electron chi connectivity index (χ2n) is 6.88. The van der Waals surface area contributed by atoms with Gasteiger partial charge in [-0.25, -0.2) is 0 Å².